The summed E-state index contributed by atoms with van der Waals surface area (Å²) in [6, 6.07) is 4.25. The first-order chi connectivity index (χ1) is 12.1. The van der Waals surface area contributed by atoms with Crippen molar-refractivity contribution in [3.05, 3.63) is 45.9 Å². The van der Waals surface area contributed by atoms with E-state index in [1.165, 1.54) is 24.3 Å². The molecule has 0 fully saturated rings. The summed E-state index contributed by atoms with van der Waals surface area (Å²) in [5.41, 5.74) is 6.89. The number of carbonyl (C=O) groups is 1. The maximum absolute atomic E-state index is 13.1. The van der Waals surface area contributed by atoms with Gasteiger partial charge >= 0.3 is 0 Å². The zero-order chi connectivity index (χ0) is 19.6. The van der Waals surface area contributed by atoms with Gasteiger partial charge in [-0.05, 0) is 36.0 Å². The molecule has 0 aromatic heterocycles. The van der Waals surface area contributed by atoms with E-state index in [1.807, 2.05) is 27.7 Å². The highest BCUT2D eigenvalue weighted by molar-refractivity contribution is 5.82. The predicted octanol–water partition coefficient (Wildman–Crippen LogP) is 2.28. The number of carbonyl (C=O) groups excluding carboxylic acids is 1. The average molecular weight is 362 g/mol. The fourth-order valence-corrected chi connectivity index (χ4v) is 3.05. The summed E-state index contributed by atoms with van der Waals surface area (Å²) in [6.45, 7) is 7.66. The molecule has 0 unspecified atom stereocenters. The second-order valence-electron chi connectivity index (χ2n) is 7.58. The molecular formula is C20H27FN2O3. The zero-order valence-corrected chi connectivity index (χ0v) is 15.6. The molecule has 5 nitrogen and oxygen atoms in total. The van der Waals surface area contributed by atoms with Gasteiger partial charge in [0.1, 0.15) is 11.9 Å². The monoisotopic (exact) mass is 362 g/mol. The van der Waals surface area contributed by atoms with Gasteiger partial charge in [0.25, 0.3) is 0 Å². The fraction of sp³-hybridized carbons (Fsp3) is 0.500. The van der Waals surface area contributed by atoms with Crippen molar-refractivity contribution in [2.24, 2.45) is 17.6 Å². The first kappa shape index (κ1) is 20.3. The van der Waals surface area contributed by atoms with E-state index in [1.54, 1.807) is 0 Å². The Morgan fingerprint density at radius 1 is 1.19 bits per heavy atom. The Morgan fingerprint density at radius 3 is 2.27 bits per heavy atom. The van der Waals surface area contributed by atoms with Gasteiger partial charge in [-0.1, -0.05) is 39.8 Å². The van der Waals surface area contributed by atoms with Crippen LogP contribution in [0, 0.1) is 17.7 Å². The number of hydrogen-bond donors (Lipinski definition) is 3. The van der Waals surface area contributed by atoms with Crippen LogP contribution in [0.15, 0.2) is 29.1 Å². The summed E-state index contributed by atoms with van der Waals surface area (Å²) in [7, 11) is 0. The Kier molecular flexibility index (Phi) is 6.31. The molecule has 4 N–H and O–H groups in total. The van der Waals surface area contributed by atoms with E-state index in [4.69, 9.17) is 5.73 Å². The molecule has 2 rings (SSSR count). The Hall–Kier alpha value is -2.05. The van der Waals surface area contributed by atoms with E-state index in [0.29, 0.717) is 17.5 Å². The van der Waals surface area contributed by atoms with Gasteiger partial charge in [0, 0.05) is 11.1 Å². The van der Waals surface area contributed by atoms with Crippen LogP contribution in [0.5, 0.6) is 0 Å². The molecule has 0 radical (unpaired) electrons. The van der Waals surface area contributed by atoms with Crippen LogP contribution in [0.3, 0.4) is 0 Å². The smallest absolute Gasteiger partial charge is 0.237 e. The second-order valence-corrected chi connectivity index (χ2v) is 7.58. The van der Waals surface area contributed by atoms with Crippen LogP contribution >= 0.6 is 0 Å². The van der Waals surface area contributed by atoms with Crippen molar-refractivity contribution >= 4 is 5.91 Å². The van der Waals surface area contributed by atoms with Gasteiger partial charge in [-0.2, -0.15) is 0 Å². The van der Waals surface area contributed by atoms with E-state index in [0.717, 1.165) is 0 Å². The number of aliphatic hydroxyl groups excluding tert-OH is 1. The number of nitrogens with two attached hydrogens (primary N) is 1. The largest absolute Gasteiger partial charge is 0.386 e. The SMILES string of the molecule is CC(C)C[C@H](N)C(=O)N[C@@H](C(C)C)[C@@H](O)c1c(-c2ccc(F)cc2)c1=O. The minimum atomic E-state index is -1.13. The first-order valence-corrected chi connectivity index (χ1v) is 8.92. The summed E-state index contributed by atoms with van der Waals surface area (Å²) < 4.78 is 13.1. The van der Waals surface area contributed by atoms with E-state index >= 15 is 0 Å². The third-order valence-corrected chi connectivity index (χ3v) is 4.54. The van der Waals surface area contributed by atoms with E-state index < -0.39 is 24.0 Å². The van der Waals surface area contributed by atoms with Crippen molar-refractivity contribution < 1.29 is 14.3 Å². The van der Waals surface area contributed by atoms with Gasteiger partial charge in [0.05, 0.1) is 12.1 Å². The highest BCUT2D eigenvalue weighted by Gasteiger charge is 2.37. The molecule has 2 aromatic carbocycles. The molecule has 1 amide bonds. The van der Waals surface area contributed by atoms with Crippen molar-refractivity contribution in [1.82, 2.24) is 5.32 Å². The molecule has 0 bridgehead atoms. The second kappa shape index (κ2) is 8.10. The number of amides is 1. The number of nitrogens with one attached hydrogen (secondary N) is 1. The van der Waals surface area contributed by atoms with E-state index in [9.17, 15) is 19.1 Å². The highest BCUT2D eigenvalue weighted by atomic mass is 19.1. The third kappa shape index (κ3) is 4.56. The van der Waals surface area contributed by atoms with Gasteiger partial charge in [-0.3, -0.25) is 9.59 Å². The van der Waals surface area contributed by atoms with Gasteiger partial charge in [0.2, 0.25) is 5.91 Å². The Balaban J connectivity index is 2.15. The van der Waals surface area contributed by atoms with Crippen molar-refractivity contribution in [2.45, 2.75) is 52.3 Å². The maximum Gasteiger partial charge on any atom is 0.237 e. The number of aliphatic hydroxyl groups is 1. The lowest BCUT2D eigenvalue weighted by molar-refractivity contribution is -0.124. The lowest BCUT2D eigenvalue weighted by Crippen LogP contribution is -2.49. The molecule has 6 heteroatoms. The average Bonchev–Trinajstić information content (AvgIpc) is 3.22. The van der Waals surface area contributed by atoms with Crippen LogP contribution in [0.4, 0.5) is 4.39 Å². The molecule has 0 aliphatic heterocycles. The van der Waals surface area contributed by atoms with E-state index in [-0.39, 0.29) is 28.7 Å². The summed E-state index contributed by atoms with van der Waals surface area (Å²) in [5.74, 6) is -0.559. The summed E-state index contributed by atoms with van der Waals surface area (Å²) in [4.78, 5) is 24.5. The Morgan fingerprint density at radius 2 is 1.77 bits per heavy atom. The van der Waals surface area contributed by atoms with E-state index in [2.05, 4.69) is 5.32 Å². The minimum absolute atomic E-state index is 0.101. The lowest BCUT2D eigenvalue weighted by atomic mass is 9.95. The van der Waals surface area contributed by atoms with Gasteiger partial charge in [-0.15, -0.1) is 0 Å². The van der Waals surface area contributed by atoms with Crippen molar-refractivity contribution in [3.63, 3.8) is 0 Å². The quantitative estimate of drug-likeness (QED) is 0.672. The number of halogens is 1. The van der Waals surface area contributed by atoms with Crippen LogP contribution in [0.1, 0.15) is 45.8 Å². The van der Waals surface area contributed by atoms with Crippen molar-refractivity contribution in [2.75, 3.05) is 0 Å². The van der Waals surface area contributed by atoms with Gasteiger partial charge < -0.3 is 16.2 Å². The normalized spacial score (nSPS) is 15.4. The summed E-state index contributed by atoms with van der Waals surface area (Å²) in [5, 5.41) is 13.5. The molecule has 0 saturated carbocycles. The standard InChI is InChI=1S/C20H27FN2O3/c1-10(2)9-14(22)20(26)23-17(11(3)4)19(25)16-15(18(16)24)12-5-7-13(21)8-6-12/h5-8,10-11,14,17,19,25H,9,22H2,1-4H3,(H,23,26)/t14-,17-,19-/m0/s1. The Labute approximate surface area is 153 Å². The van der Waals surface area contributed by atoms with Gasteiger partial charge in [-0.25, -0.2) is 4.39 Å². The predicted molar refractivity (Wildman–Crippen MR) is 99.6 cm³/mol. The van der Waals surface area contributed by atoms with Crippen molar-refractivity contribution in [3.8, 4) is 11.1 Å². The van der Waals surface area contributed by atoms with Crippen molar-refractivity contribution in [1.29, 1.82) is 0 Å². The lowest BCUT2D eigenvalue weighted by Gasteiger charge is -2.27. The maximum atomic E-state index is 13.1. The number of benzene rings is 1. The molecule has 0 aliphatic rings. The van der Waals surface area contributed by atoms with Crippen LogP contribution in [0.2, 0.25) is 0 Å². The summed E-state index contributed by atoms with van der Waals surface area (Å²) in [6.07, 6.45) is -0.590. The topological polar surface area (TPSA) is 92.4 Å². The van der Waals surface area contributed by atoms with Crippen LogP contribution in [-0.2, 0) is 4.79 Å². The molecule has 0 heterocycles. The van der Waals surface area contributed by atoms with Crippen LogP contribution in [0.25, 0.3) is 11.1 Å². The minimum Gasteiger partial charge on any atom is -0.386 e. The zero-order valence-electron chi connectivity index (χ0n) is 15.6. The van der Waals surface area contributed by atoms with Gasteiger partial charge in [0.15, 0.2) is 5.43 Å². The molecule has 2 aromatic rings. The third-order valence-electron chi connectivity index (χ3n) is 4.54. The molecule has 3 atom stereocenters. The molecule has 26 heavy (non-hydrogen) atoms. The highest BCUT2D eigenvalue weighted by Crippen LogP contribution is 2.33. The molecular weight excluding hydrogens is 335 g/mol. The Bertz CT molecular complexity index is 761. The molecule has 0 spiro atoms. The van der Waals surface area contributed by atoms with Crippen LogP contribution in [-0.4, -0.2) is 23.1 Å². The fourth-order valence-electron chi connectivity index (χ4n) is 3.05. The molecule has 0 saturated heterocycles. The molecule has 142 valence electrons. The molecule has 0 aliphatic carbocycles. The first-order valence-electron chi connectivity index (χ1n) is 8.92. The van der Waals surface area contributed by atoms with Crippen LogP contribution < -0.4 is 16.5 Å². The summed E-state index contributed by atoms with van der Waals surface area (Å²) >= 11 is 0. The number of rotatable bonds is 8. The number of hydrogen-bond acceptors (Lipinski definition) is 4.